The quantitative estimate of drug-likeness (QED) is 0.150. The molecule has 0 N–H and O–H groups in total. The Morgan fingerprint density at radius 3 is 1.60 bits per heavy atom. The topological polar surface area (TPSA) is 16.4 Å². The Kier molecular flexibility index (Phi) is 8.53. The van der Waals surface area contributed by atoms with Gasteiger partial charge in [-0.3, -0.25) is 0 Å². The van der Waals surface area contributed by atoms with Crippen molar-refractivity contribution in [3.8, 4) is 44.5 Å². The molecule has 0 amide bonds. The molecule has 0 radical (unpaired) electrons. The Morgan fingerprint density at radius 2 is 0.823 bits per heavy atom. The third-order valence-corrected chi connectivity index (χ3v) is 12.4. The molecule has 12 rings (SSSR count). The smallest absolute Gasteiger partial charge is 0.145 e. The van der Waals surface area contributed by atoms with Crippen molar-refractivity contribution >= 4 is 71.3 Å². The Balaban J connectivity index is 1.13. The summed E-state index contributed by atoms with van der Waals surface area (Å²) in [5.74, 6) is 0. The summed E-state index contributed by atoms with van der Waals surface area (Å²) in [4.78, 5) is 2.43. The molecule has 0 aliphatic carbocycles. The summed E-state index contributed by atoms with van der Waals surface area (Å²) in [6, 6.07) is 85.4. The molecule has 290 valence electrons. The number of hydrogen-bond acceptors (Lipinski definition) is 2. The second kappa shape index (κ2) is 14.8. The molecule has 0 unspecified atom stereocenters. The highest BCUT2D eigenvalue weighted by Gasteiger charge is 2.24. The summed E-state index contributed by atoms with van der Waals surface area (Å²) in [5.41, 5.74) is 14.2. The van der Waals surface area contributed by atoms with E-state index in [1.165, 1.54) is 54.6 Å². The third-order valence-electron chi connectivity index (χ3n) is 12.4. The normalized spacial score (nSPS) is 11.5. The van der Waals surface area contributed by atoms with Gasteiger partial charge in [-0.15, -0.1) is 0 Å². The van der Waals surface area contributed by atoms with Crippen LogP contribution in [0.15, 0.2) is 241 Å². The molecule has 2 nitrogen and oxygen atoms in total. The molecular formula is C60H39NO. The van der Waals surface area contributed by atoms with Gasteiger partial charge >= 0.3 is 0 Å². The highest BCUT2D eigenvalue weighted by molar-refractivity contribution is 6.21. The molecule has 11 aromatic carbocycles. The predicted octanol–water partition coefficient (Wildman–Crippen LogP) is 17.2. The van der Waals surface area contributed by atoms with Crippen LogP contribution in [0, 0.1) is 0 Å². The van der Waals surface area contributed by atoms with Crippen LogP contribution in [0.1, 0.15) is 0 Å². The third kappa shape index (κ3) is 5.96. The minimum absolute atomic E-state index is 0.858. The Hall–Kier alpha value is -8.20. The lowest BCUT2D eigenvalue weighted by molar-refractivity contribution is 0.670. The van der Waals surface area contributed by atoms with Gasteiger partial charge in [0.1, 0.15) is 11.2 Å². The zero-order valence-corrected chi connectivity index (χ0v) is 33.9. The Bertz CT molecular complexity index is 3650. The molecule has 2 heteroatoms. The minimum atomic E-state index is 0.858. The number of furan rings is 1. The lowest BCUT2D eigenvalue weighted by Gasteiger charge is -2.28. The number of fused-ring (bicyclic) bond motifs is 7. The van der Waals surface area contributed by atoms with E-state index in [0.717, 1.165) is 61.3 Å². The van der Waals surface area contributed by atoms with Crippen molar-refractivity contribution < 1.29 is 4.42 Å². The number of anilines is 3. The Morgan fingerprint density at radius 1 is 0.290 bits per heavy atom. The van der Waals surface area contributed by atoms with E-state index in [1.807, 2.05) is 0 Å². The summed E-state index contributed by atoms with van der Waals surface area (Å²) < 4.78 is 7.03. The molecule has 12 aromatic rings. The molecule has 0 aliphatic heterocycles. The van der Waals surface area contributed by atoms with Gasteiger partial charge in [0.15, 0.2) is 0 Å². The number of rotatable bonds is 7. The van der Waals surface area contributed by atoms with Gasteiger partial charge < -0.3 is 9.32 Å². The molecule has 62 heavy (non-hydrogen) atoms. The highest BCUT2D eigenvalue weighted by atomic mass is 16.3. The highest BCUT2D eigenvalue weighted by Crippen LogP contribution is 2.49. The molecule has 0 spiro atoms. The van der Waals surface area contributed by atoms with Gasteiger partial charge in [0.05, 0.1) is 11.1 Å². The van der Waals surface area contributed by atoms with Crippen molar-refractivity contribution in [1.82, 2.24) is 0 Å². The van der Waals surface area contributed by atoms with Crippen LogP contribution < -0.4 is 4.90 Å². The van der Waals surface area contributed by atoms with E-state index in [0.29, 0.717) is 0 Å². The second-order valence-corrected chi connectivity index (χ2v) is 16.0. The Labute approximate surface area is 360 Å². The van der Waals surface area contributed by atoms with E-state index in [-0.39, 0.29) is 0 Å². The average molecular weight is 790 g/mol. The van der Waals surface area contributed by atoms with Gasteiger partial charge in [0.2, 0.25) is 0 Å². The fraction of sp³-hybridized carbons (Fsp3) is 0. The molecule has 1 aromatic heterocycles. The van der Waals surface area contributed by atoms with Gasteiger partial charge in [-0.1, -0.05) is 188 Å². The maximum atomic E-state index is 7.03. The van der Waals surface area contributed by atoms with Crippen molar-refractivity contribution in [2.24, 2.45) is 0 Å². The summed E-state index contributed by atoms with van der Waals surface area (Å²) in [6.07, 6.45) is 0. The lowest BCUT2D eigenvalue weighted by atomic mass is 9.91. The number of hydrogen-bond donors (Lipinski definition) is 0. The van der Waals surface area contributed by atoms with Gasteiger partial charge in [0, 0.05) is 22.3 Å². The van der Waals surface area contributed by atoms with Crippen molar-refractivity contribution in [3.63, 3.8) is 0 Å². The molecule has 0 fully saturated rings. The molecule has 0 aliphatic rings. The molecule has 0 saturated carbocycles. The van der Waals surface area contributed by atoms with Gasteiger partial charge in [-0.2, -0.15) is 0 Å². The molecular weight excluding hydrogens is 751 g/mol. The number of para-hydroxylation sites is 1. The second-order valence-electron chi connectivity index (χ2n) is 16.0. The summed E-state index contributed by atoms with van der Waals surface area (Å²) in [5, 5.41) is 9.47. The SMILES string of the molecule is c1ccc(-c2ccccc2-c2cccc(N(c3cccc(-c4cccc5ccccc45)c3)c3ccc(-c4cc5ccccc5c5ccccc45)c4oc5ccccc5c34)c2)cc1. The molecule has 0 bridgehead atoms. The van der Waals surface area contributed by atoms with Crippen LogP contribution in [0.5, 0.6) is 0 Å². The van der Waals surface area contributed by atoms with Crippen molar-refractivity contribution in [3.05, 3.63) is 237 Å². The van der Waals surface area contributed by atoms with Crippen LogP contribution in [-0.4, -0.2) is 0 Å². The van der Waals surface area contributed by atoms with E-state index >= 15 is 0 Å². The average Bonchev–Trinajstić information content (AvgIpc) is 3.74. The molecule has 0 saturated heterocycles. The largest absolute Gasteiger partial charge is 0.455 e. The summed E-state index contributed by atoms with van der Waals surface area (Å²) >= 11 is 0. The van der Waals surface area contributed by atoms with Crippen molar-refractivity contribution in [2.75, 3.05) is 4.90 Å². The van der Waals surface area contributed by atoms with Crippen LogP contribution in [0.3, 0.4) is 0 Å². The monoisotopic (exact) mass is 789 g/mol. The van der Waals surface area contributed by atoms with Gasteiger partial charge in [0.25, 0.3) is 0 Å². The first-order valence-corrected chi connectivity index (χ1v) is 21.3. The van der Waals surface area contributed by atoms with E-state index < -0.39 is 0 Å². The number of benzene rings is 11. The summed E-state index contributed by atoms with van der Waals surface area (Å²) in [6.45, 7) is 0. The van der Waals surface area contributed by atoms with E-state index in [4.69, 9.17) is 4.42 Å². The first-order valence-electron chi connectivity index (χ1n) is 21.3. The van der Waals surface area contributed by atoms with E-state index in [2.05, 4.69) is 241 Å². The standard InChI is InChI=1S/C60H39NO/c1-2-17-40(18-3-1)47-27-8-9-28-49(47)42-22-14-24-45(37-42)61(46-25-15-23-43(38-46)50-33-16-21-41-19-4-6-26-48(41)50)57-36-35-54(60-59(57)55-32-12-13-34-58(55)62-60)56-39-44-20-5-7-29-51(44)52-30-10-11-31-53(52)56/h1-39H. The van der Waals surface area contributed by atoms with Gasteiger partial charge in [-0.05, 0) is 120 Å². The minimum Gasteiger partial charge on any atom is -0.455 e. The lowest BCUT2D eigenvalue weighted by Crippen LogP contribution is -2.11. The maximum Gasteiger partial charge on any atom is 0.145 e. The van der Waals surface area contributed by atoms with Crippen LogP contribution >= 0.6 is 0 Å². The fourth-order valence-electron chi connectivity index (χ4n) is 9.62. The molecule has 0 atom stereocenters. The predicted molar refractivity (Wildman–Crippen MR) is 263 cm³/mol. The zero-order chi connectivity index (χ0) is 41.0. The van der Waals surface area contributed by atoms with Crippen LogP contribution in [-0.2, 0) is 0 Å². The van der Waals surface area contributed by atoms with Crippen molar-refractivity contribution in [1.29, 1.82) is 0 Å². The molecule has 1 heterocycles. The van der Waals surface area contributed by atoms with Crippen LogP contribution in [0.2, 0.25) is 0 Å². The van der Waals surface area contributed by atoms with E-state index in [1.54, 1.807) is 0 Å². The van der Waals surface area contributed by atoms with Crippen LogP contribution in [0.25, 0.3) is 98.8 Å². The summed E-state index contributed by atoms with van der Waals surface area (Å²) in [7, 11) is 0. The maximum absolute atomic E-state index is 7.03. The zero-order valence-electron chi connectivity index (χ0n) is 33.9. The first kappa shape index (κ1) is 35.7. The first-order chi connectivity index (χ1) is 30.8. The van der Waals surface area contributed by atoms with Crippen LogP contribution in [0.4, 0.5) is 17.1 Å². The van der Waals surface area contributed by atoms with Crippen molar-refractivity contribution in [2.45, 2.75) is 0 Å². The van der Waals surface area contributed by atoms with E-state index in [9.17, 15) is 0 Å². The van der Waals surface area contributed by atoms with Gasteiger partial charge in [-0.25, -0.2) is 0 Å². The fourth-order valence-corrected chi connectivity index (χ4v) is 9.62. The number of nitrogens with zero attached hydrogens (tertiary/aromatic N) is 1.